The number of nitrogens with zero attached hydrogens (tertiary/aromatic N) is 2. The molecule has 2 aromatic rings. The van der Waals surface area contributed by atoms with E-state index >= 15 is 0 Å². The molecule has 1 aromatic heterocycles. The maximum atomic E-state index is 11.7. The predicted molar refractivity (Wildman–Crippen MR) is 74.2 cm³/mol. The highest BCUT2D eigenvalue weighted by Gasteiger charge is 2.15. The molecule has 0 spiro atoms. The Kier molecular flexibility index (Phi) is 3.73. The van der Waals surface area contributed by atoms with Crippen molar-refractivity contribution in [2.45, 2.75) is 6.92 Å². The lowest BCUT2D eigenvalue weighted by Gasteiger charge is -2.10. The van der Waals surface area contributed by atoms with Gasteiger partial charge in [-0.15, -0.1) is 0 Å². The number of aromatic nitrogens is 2. The molecular formula is C12H8BrClN2O3. The fourth-order valence-corrected chi connectivity index (χ4v) is 2.16. The van der Waals surface area contributed by atoms with Crippen molar-refractivity contribution in [3.05, 3.63) is 55.4 Å². The van der Waals surface area contributed by atoms with Crippen LogP contribution in [0.3, 0.4) is 0 Å². The first-order chi connectivity index (χ1) is 8.91. The van der Waals surface area contributed by atoms with Crippen molar-refractivity contribution < 1.29 is 9.90 Å². The lowest BCUT2D eigenvalue weighted by Crippen LogP contribution is -2.23. The van der Waals surface area contributed by atoms with Gasteiger partial charge in [0.05, 0.1) is 15.2 Å². The van der Waals surface area contributed by atoms with Crippen LogP contribution in [0.15, 0.2) is 33.7 Å². The first-order valence-corrected chi connectivity index (χ1v) is 6.37. The van der Waals surface area contributed by atoms with E-state index in [-0.39, 0.29) is 0 Å². The van der Waals surface area contributed by atoms with E-state index in [1.165, 1.54) is 17.8 Å². The zero-order valence-corrected chi connectivity index (χ0v) is 12.1. The molecule has 19 heavy (non-hydrogen) atoms. The Labute approximate surface area is 121 Å². The van der Waals surface area contributed by atoms with Crippen LogP contribution in [0.5, 0.6) is 0 Å². The van der Waals surface area contributed by atoms with Gasteiger partial charge in [0.15, 0.2) is 0 Å². The fraction of sp³-hybridized carbons (Fsp3) is 0.0833. The molecule has 0 amide bonds. The van der Waals surface area contributed by atoms with Crippen LogP contribution < -0.4 is 5.43 Å². The second-order valence-electron chi connectivity index (χ2n) is 3.81. The van der Waals surface area contributed by atoms with Gasteiger partial charge in [-0.1, -0.05) is 17.7 Å². The van der Waals surface area contributed by atoms with E-state index in [0.29, 0.717) is 20.7 Å². The Morgan fingerprint density at radius 3 is 2.79 bits per heavy atom. The Hall–Kier alpha value is -1.66. The molecule has 0 radical (unpaired) electrons. The smallest absolute Gasteiger partial charge is 0.360 e. The summed E-state index contributed by atoms with van der Waals surface area (Å²) >= 11 is 9.27. The molecule has 0 aliphatic heterocycles. The minimum absolute atomic E-state index is 0.291. The monoisotopic (exact) mass is 342 g/mol. The number of benzene rings is 1. The van der Waals surface area contributed by atoms with Crippen molar-refractivity contribution in [1.82, 2.24) is 9.78 Å². The third kappa shape index (κ3) is 2.54. The van der Waals surface area contributed by atoms with Gasteiger partial charge >= 0.3 is 5.97 Å². The molecule has 0 saturated carbocycles. The normalized spacial score (nSPS) is 10.5. The van der Waals surface area contributed by atoms with Crippen molar-refractivity contribution in [3.8, 4) is 5.69 Å². The fourth-order valence-electron chi connectivity index (χ4n) is 1.54. The minimum Gasteiger partial charge on any atom is -0.476 e. The lowest BCUT2D eigenvalue weighted by molar-refractivity contribution is 0.0686. The second kappa shape index (κ2) is 5.14. The van der Waals surface area contributed by atoms with Crippen molar-refractivity contribution in [3.63, 3.8) is 0 Å². The molecule has 1 N–H and O–H groups in total. The van der Waals surface area contributed by atoms with Crippen LogP contribution in [0.2, 0.25) is 5.02 Å². The molecule has 1 aromatic carbocycles. The van der Waals surface area contributed by atoms with Crippen LogP contribution in [-0.2, 0) is 0 Å². The largest absolute Gasteiger partial charge is 0.476 e. The quantitative estimate of drug-likeness (QED) is 0.910. The van der Waals surface area contributed by atoms with Crippen LogP contribution >= 0.6 is 27.5 Å². The Bertz CT molecular complexity index is 727. The topological polar surface area (TPSA) is 72.2 Å². The van der Waals surface area contributed by atoms with E-state index < -0.39 is 17.1 Å². The summed E-state index contributed by atoms with van der Waals surface area (Å²) in [7, 11) is 0. The second-order valence-corrected chi connectivity index (χ2v) is 5.01. The standard InChI is InChI=1S/C12H8BrClN2O3/c1-6-5-16(15-10(11(6)17)12(18)19)8-4-2-3-7(14)9(8)13/h2-5H,1H3,(H,18,19). The summed E-state index contributed by atoms with van der Waals surface area (Å²) in [4.78, 5) is 22.6. The summed E-state index contributed by atoms with van der Waals surface area (Å²) in [5.41, 5.74) is -0.272. The number of carbonyl (C=O) groups is 1. The highest BCUT2D eigenvalue weighted by atomic mass is 79.9. The van der Waals surface area contributed by atoms with Crippen LogP contribution in [0.4, 0.5) is 0 Å². The number of hydrogen-bond donors (Lipinski definition) is 1. The SMILES string of the molecule is Cc1cn(-c2cccc(Cl)c2Br)nc(C(=O)O)c1=O. The Balaban J connectivity index is 2.74. The summed E-state index contributed by atoms with van der Waals surface area (Å²) in [6.07, 6.45) is 1.46. The minimum atomic E-state index is -1.36. The Morgan fingerprint density at radius 2 is 2.16 bits per heavy atom. The maximum Gasteiger partial charge on any atom is 0.360 e. The summed E-state index contributed by atoms with van der Waals surface area (Å²) in [6, 6.07) is 5.10. The van der Waals surface area contributed by atoms with Gasteiger partial charge in [-0.2, -0.15) is 5.10 Å². The van der Waals surface area contributed by atoms with Gasteiger partial charge in [-0.3, -0.25) is 4.79 Å². The molecule has 0 unspecified atom stereocenters. The number of carboxylic acid groups (broad SMARTS) is 1. The third-order valence-electron chi connectivity index (χ3n) is 2.48. The van der Waals surface area contributed by atoms with Crippen molar-refractivity contribution in [1.29, 1.82) is 0 Å². The van der Waals surface area contributed by atoms with Crippen molar-refractivity contribution in [2.24, 2.45) is 0 Å². The average molecular weight is 344 g/mol. The molecule has 0 aliphatic rings. The highest BCUT2D eigenvalue weighted by molar-refractivity contribution is 9.10. The maximum absolute atomic E-state index is 11.7. The summed E-state index contributed by atoms with van der Waals surface area (Å²) in [6.45, 7) is 1.53. The highest BCUT2D eigenvalue weighted by Crippen LogP contribution is 2.28. The van der Waals surface area contributed by atoms with E-state index in [2.05, 4.69) is 21.0 Å². The van der Waals surface area contributed by atoms with Crippen molar-refractivity contribution >= 4 is 33.5 Å². The average Bonchev–Trinajstić information content (AvgIpc) is 2.35. The first-order valence-electron chi connectivity index (χ1n) is 5.20. The molecular weight excluding hydrogens is 336 g/mol. The van der Waals surface area contributed by atoms with E-state index in [0.717, 1.165) is 0 Å². The zero-order chi connectivity index (χ0) is 14.2. The third-order valence-corrected chi connectivity index (χ3v) is 3.85. The Morgan fingerprint density at radius 1 is 1.47 bits per heavy atom. The molecule has 0 fully saturated rings. The molecule has 1 heterocycles. The number of rotatable bonds is 2. The van der Waals surface area contributed by atoms with Gasteiger partial charge in [-0.25, -0.2) is 9.48 Å². The predicted octanol–water partition coefficient (Wildman–Crippen LogP) is 2.66. The van der Waals surface area contributed by atoms with Crippen LogP contribution in [-0.4, -0.2) is 20.9 Å². The van der Waals surface area contributed by atoms with Crippen molar-refractivity contribution in [2.75, 3.05) is 0 Å². The molecule has 2 rings (SSSR count). The molecule has 5 nitrogen and oxygen atoms in total. The van der Waals surface area contributed by atoms with Gasteiger partial charge in [0.25, 0.3) is 0 Å². The molecule has 98 valence electrons. The molecule has 0 saturated heterocycles. The zero-order valence-electron chi connectivity index (χ0n) is 9.72. The number of hydrogen-bond acceptors (Lipinski definition) is 3. The molecule has 0 atom stereocenters. The summed E-state index contributed by atoms with van der Waals surface area (Å²) < 4.78 is 1.89. The van der Waals surface area contributed by atoms with E-state index in [4.69, 9.17) is 16.7 Å². The first kappa shape index (κ1) is 13.8. The van der Waals surface area contributed by atoms with Crippen LogP contribution in [0.1, 0.15) is 16.1 Å². The van der Waals surface area contributed by atoms with E-state index in [1.54, 1.807) is 18.2 Å². The summed E-state index contributed by atoms with van der Waals surface area (Å²) in [5, 5.41) is 13.3. The van der Waals surface area contributed by atoms with Gasteiger partial charge in [0.1, 0.15) is 0 Å². The molecule has 0 aliphatic carbocycles. The number of halogens is 2. The summed E-state index contributed by atoms with van der Waals surface area (Å²) in [5.74, 6) is -1.36. The van der Waals surface area contributed by atoms with Gasteiger partial charge in [0.2, 0.25) is 11.1 Å². The van der Waals surface area contributed by atoms with Gasteiger partial charge < -0.3 is 5.11 Å². The van der Waals surface area contributed by atoms with E-state index in [1.807, 2.05) is 0 Å². The van der Waals surface area contributed by atoms with Crippen LogP contribution in [0, 0.1) is 6.92 Å². The van der Waals surface area contributed by atoms with Gasteiger partial charge in [0, 0.05) is 11.8 Å². The number of aryl methyl sites for hydroxylation is 1. The number of carboxylic acids is 1. The lowest BCUT2D eigenvalue weighted by atomic mass is 10.2. The number of aromatic carboxylic acids is 1. The van der Waals surface area contributed by atoms with Gasteiger partial charge in [-0.05, 0) is 35.0 Å². The van der Waals surface area contributed by atoms with E-state index in [9.17, 15) is 9.59 Å². The molecule has 0 bridgehead atoms. The molecule has 7 heteroatoms. The van der Waals surface area contributed by atoms with Crippen LogP contribution in [0.25, 0.3) is 5.69 Å².